The maximum absolute atomic E-state index is 3.56. The molecule has 1 saturated carbocycles. The van der Waals surface area contributed by atoms with Crippen LogP contribution in [0.4, 0.5) is 0 Å². The van der Waals surface area contributed by atoms with E-state index in [1.54, 1.807) is 0 Å². The standard InChI is InChI=1S/C10H22N2/c1-3-11-9-7-5-6-8-10(9)12-4-2/h9-12H,3-8H2,1-2H3/t9-,10-/m0/s1. The first-order chi connectivity index (χ1) is 5.88. The molecular formula is C10H22N2. The Kier molecular flexibility index (Phi) is 4.62. The SMILES string of the molecule is CCN[C@H]1CCCC[C@@H]1NCC. The van der Waals surface area contributed by atoms with E-state index in [0.717, 1.165) is 25.2 Å². The quantitative estimate of drug-likeness (QED) is 0.668. The van der Waals surface area contributed by atoms with Crippen LogP contribution in [0.3, 0.4) is 0 Å². The molecule has 2 atom stereocenters. The minimum Gasteiger partial charge on any atom is -0.313 e. The van der Waals surface area contributed by atoms with Crippen molar-refractivity contribution in [2.45, 2.75) is 51.6 Å². The second kappa shape index (κ2) is 5.55. The van der Waals surface area contributed by atoms with Gasteiger partial charge in [0.25, 0.3) is 0 Å². The summed E-state index contributed by atoms with van der Waals surface area (Å²) in [4.78, 5) is 0. The monoisotopic (exact) mass is 170 g/mol. The Morgan fingerprint density at radius 1 is 0.917 bits per heavy atom. The van der Waals surface area contributed by atoms with Gasteiger partial charge in [0.05, 0.1) is 0 Å². The second-order valence-corrected chi connectivity index (χ2v) is 3.61. The molecule has 0 aromatic heterocycles. The Labute approximate surface area is 76.1 Å². The minimum atomic E-state index is 0.726. The molecule has 12 heavy (non-hydrogen) atoms. The molecule has 0 aromatic rings. The lowest BCUT2D eigenvalue weighted by Crippen LogP contribution is -2.49. The largest absolute Gasteiger partial charge is 0.313 e. The fourth-order valence-corrected chi connectivity index (χ4v) is 2.14. The smallest absolute Gasteiger partial charge is 0.0221 e. The second-order valence-electron chi connectivity index (χ2n) is 3.61. The van der Waals surface area contributed by atoms with E-state index < -0.39 is 0 Å². The van der Waals surface area contributed by atoms with Crippen LogP contribution in [0.1, 0.15) is 39.5 Å². The Bertz CT molecular complexity index is 96.4. The molecule has 2 heteroatoms. The minimum absolute atomic E-state index is 0.726. The molecule has 0 radical (unpaired) electrons. The number of hydrogen-bond acceptors (Lipinski definition) is 2. The van der Waals surface area contributed by atoms with E-state index >= 15 is 0 Å². The Balaban J connectivity index is 2.31. The first-order valence-corrected chi connectivity index (χ1v) is 5.35. The van der Waals surface area contributed by atoms with Crippen LogP contribution in [0.2, 0.25) is 0 Å². The third-order valence-electron chi connectivity index (χ3n) is 2.70. The lowest BCUT2D eigenvalue weighted by atomic mass is 9.90. The number of likely N-dealkylation sites (N-methyl/N-ethyl adjacent to an activating group) is 2. The normalized spacial score (nSPS) is 30.5. The van der Waals surface area contributed by atoms with Crippen LogP contribution in [0, 0.1) is 0 Å². The maximum Gasteiger partial charge on any atom is 0.0221 e. The van der Waals surface area contributed by atoms with Crippen molar-refractivity contribution in [3.05, 3.63) is 0 Å². The molecule has 1 rings (SSSR count). The molecule has 0 saturated heterocycles. The number of hydrogen-bond donors (Lipinski definition) is 2. The average molecular weight is 170 g/mol. The van der Waals surface area contributed by atoms with Crippen LogP contribution in [-0.2, 0) is 0 Å². The van der Waals surface area contributed by atoms with Crippen molar-refractivity contribution in [1.82, 2.24) is 10.6 Å². The van der Waals surface area contributed by atoms with Crippen LogP contribution in [0.25, 0.3) is 0 Å². The first kappa shape index (κ1) is 10.0. The molecule has 2 nitrogen and oxygen atoms in total. The highest BCUT2D eigenvalue weighted by molar-refractivity contribution is 4.85. The van der Waals surface area contributed by atoms with E-state index in [1.165, 1.54) is 25.7 Å². The van der Waals surface area contributed by atoms with Crippen molar-refractivity contribution < 1.29 is 0 Å². The van der Waals surface area contributed by atoms with Gasteiger partial charge in [-0.3, -0.25) is 0 Å². The third kappa shape index (κ3) is 2.76. The summed E-state index contributed by atoms with van der Waals surface area (Å²) < 4.78 is 0. The van der Waals surface area contributed by atoms with Gasteiger partial charge in [0.1, 0.15) is 0 Å². The molecular weight excluding hydrogens is 148 g/mol. The van der Waals surface area contributed by atoms with Crippen LogP contribution in [0.15, 0.2) is 0 Å². The molecule has 72 valence electrons. The van der Waals surface area contributed by atoms with Crippen LogP contribution < -0.4 is 10.6 Å². The fraction of sp³-hybridized carbons (Fsp3) is 1.00. The van der Waals surface area contributed by atoms with E-state index in [-0.39, 0.29) is 0 Å². The first-order valence-electron chi connectivity index (χ1n) is 5.35. The topological polar surface area (TPSA) is 24.1 Å². The van der Waals surface area contributed by atoms with E-state index in [9.17, 15) is 0 Å². The third-order valence-corrected chi connectivity index (χ3v) is 2.70. The van der Waals surface area contributed by atoms with Gasteiger partial charge in [-0.2, -0.15) is 0 Å². The summed E-state index contributed by atoms with van der Waals surface area (Å²) in [5, 5.41) is 7.11. The maximum atomic E-state index is 3.56. The van der Waals surface area contributed by atoms with E-state index in [2.05, 4.69) is 24.5 Å². The van der Waals surface area contributed by atoms with Gasteiger partial charge in [-0.1, -0.05) is 26.7 Å². The molecule has 0 bridgehead atoms. The van der Waals surface area contributed by atoms with E-state index in [0.29, 0.717) is 0 Å². The highest BCUT2D eigenvalue weighted by Gasteiger charge is 2.22. The molecule has 1 aliphatic carbocycles. The number of nitrogens with one attached hydrogen (secondary N) is 2. The Morgan fingerprint density at radius 3 is 1.67 bits per heavy atom. The van der Waals surface area contributed by atoms with Crippen LogP contribution in [-0.4, -0.2) is 25.2 Å². The predicted octanol–water partition coefficient (Wildman–Crippen LogP) is 1.52. The van der Waals surface area contributed by atoms with Crippen molar-refractivity contribution in [2.24, 2.45) is 0 Å². The van der Waals surface area contributed by atoms with Gasteiger partial charge >= 0.3 is 0 Å². The molecule has 0 unspecified atom stereocenters. The number of rotatable bonds is 4. The van der Waals surface area contributed by atoms with Crippen molar-refractivity contribution in [3.8, 4) is 0 Å². The summed E-state index contributed by atoms with van der Waals surface area (Å²) in [6, 6.07) is 1.45. The van der Waals surface area contributed by atoms with Gasteiger partial charge in [-0.25, -0.2) is 0 Å². The van der Waals surface area contributed by atoms with Gasteiger partial charge in [-0.05, 0) is 25.9 Å². The van der Waals surface area contributed by atoms with Crippen molar-refractivity contribution in [2.75, 3.05) is 13.1 Å². The van der Waals surface area contributed by atoms with Crippen LogP contribution in [0.5, 0.6) is 0 Å². The van der Waals surface area contributed by atoms with E-state index in [1.807, 2.05) is 0 Å². The summed E-state index contributed by atoms with van der Waals surface area (Å²) in [6.45, 7) is 6.59. The van der Waals surface area contributed by atoms with Gasteiger partial charge < -0.3 is 10.6 Å². The van der Waals surface area contributed by atoms with E-state index in [4.69, 9.17) is 0 Å². The fourth-order valence-electron chi connectivity index (χ4n) is 2.14. The van der Waals surface area contributed by atoms with Crippen molar-refractivity contribution >= 4 is 0 Å². The molecule has 1 fully saturated rings. The summed E-state index contributed by atoms with van der Waals surface area (Å²) >= 11 is 0. The Hall–Kier alpha value is -0.0800. The predicted molar refractivity (Wildman–Crippen MR) is 53.4 cm³/mol. The summed E-state index contributed by atoms with van der Waals surface area (Å²) in [5.41, 5.74) is 0. The summed E-state index contributed by atoms with van der Waals surface area (Å²) in [6.07, 6.45) is 5.51. The van der Waals surface area contributed by atoms with Gasteiger partial charge in [0.2, 0.25) is 0 Å². The highest BCUT2D eigenvalue weighted by atomic mass is 15.0. The zero-order valence-corrected chi connectivity index (χ0v) is 8.40. The summed E-state index contributed by atoms with van der Waals surface area (Å²) in [5.74, 6) is 0. The molecule has 0 spiro atoms. The molecule has 0 amide bonds. The van der Waals surface area contributed by atoms with Gasteiger partial charge in [0, 0.05) is 12.1 Å². The van der Waals surface area contributed by atoms with Gasteiger partial charge in [0.15, 0.2) is 0 Å². The molecule has 0 aliphatic heterocycles. The molecule has 1 aliphatic rings. The molecule has 0 heterocycles. The molecule has 2 N–H and O–H groups in total. The zero-order chi connectivity index (χ0) is 8.81. The average Bonchev–Trinajstić information content (AvgIpc) is 2.09. The lowest BCUT2D eigenvalue weighted by Gasteiger charge is -2.32. The van der Waals surface area contributed by atoms with Crippen molar-refractivity contribution in [3.63, 3.8) is 0 Å². The highest BCUT2D eigenvalue weighted by Crippen LogP contribution is 2.18. The molecule has 0 aromatic carbocycles. The van der Waals surface area contributed by atoms with Gasteiger partial charge in [-0.15, -0.1) is 0 Å². The lowest BCUT2D eigenvalue weighted by molar-refractivity contribution is 0.291. The summed E-state index contributed by atoms with van der Waals surface area (Å²) in [7, 11) is 0. The van der Waals surface area contributed by atoms with Crippen molar-refractivity contribution in [1.29, 1.82) is 0 Å². The van der Waals surface area contributed by atoms with Crippen LogP contribution >= 0.6 is 0 Å². The Morgan fingerprint density at radius 2 is 1.33 bits per heavy atom. The zero-order valence-electron chi connectivity index (χ0n) is 8.40.